The van der Waals surface area contributed by atoms with Crippen molar-refractivity contribution < 1.29 is 19.1 Å². The summed E-state index contributed by atoms with van der Waals surface area (Å²) in [5.74, 6) is 0. The third-order valence-electron chi connectivity index (χ3n) is 2.84. The molecule has 17 heavy (non-hydrogen) atoms. The van der Waals surface area contributed by atoms with Gasteiger partial charge in [0.25, 0.3) is 0 Å². The quantitative estimate of drug-likeness (QED) is 0.510. The van der Waals surface area contributed by atoms with E-state index in [0.29, 0.717) is 13.2 Å². The van der Waals surface area contributed by atoms with Crippen LogP contribution in [0.2, 0.25) is 0 Å². The van der Waals surface area contributed by atoms with Gasteiger partial charge in [-0.3, -0.25) is 0 Å². The van der Waals surface area contributed by atoms with Crippen LogP contribution in [-0.4, -0.2) is 43.9 Å². The molecule has 6 heteroatoms. The number of nitrogens with two attached hydrogens (primary N) is 1. The number of hydrogen-bond acceptors (Lipinski definition) is 5. The lowest BCUT2D eigenvalue weighted by Gasteiger charge is -2.32. The van der Waals surface area contributed by atoms with Crippen LogP contribution in [-0.2, 0) is 14.0 Å². The third kappa shape index (κ3) is 5.83. The van der Waals surface area contributed by atoms with Gasteiger partial charge < -0.3 is 24.8 Å². The number of hydrogen-bond donors (Lipinski definition) is 2. The molecule has 1 saturated heterocycles. The lowest BCUT2D eigenvalue weighted by atomic mass is 10.0. The molecular weight excluding hydrogens is 221 g/mol. The highest BCUT2D eigenvalue weighted by atomic mass is 16.7. The first-order chi connectivity index (χ1) is 8.07. The van der Waals surface area contributed by atoms with Gasteiger partial charge in [-0.15, -0.1) is 0 Å². The Morgan fingerprint density at radius 3 is 2.88 bits per heavy atom. The first kappa shape index (κ1) is 14.9. The molecule has 1 atom stereocenters. The maximum absolute atomic E-state index is 8.73. The van der Waals surface area contributed by atoms with E-state index in [0.717, 1.165) is 25.7 Å². The second-order valence-electron chi connectivity index (χ2n) is 5.01. The molecule has 3 N–H and O–H groups in total. The van der Waals surface area contributed by atoms with Crippen LogP contribution in [0.15, 0.2) is 0 Å². The Kier molecular flexibility index (Phi) is 6.44. The van der Waals surface area contributed by atoms with Crippen LogP contribution in [0.3, 0.4) is 0 Å². The average Bonchev–Trinajstić information content (AvgIpc) is 2.29. The number of aliphatic hydroxyl groups is 1. The van der Waals surface area contributed by atoms with E-state index in [9.17, 15) is 0 Å². The molecule has 1 rings (SSSR count). The van der Waals surface area contributed by atoms with Crippen LogP contribution < -0.4 is 5.73 Å². The largest absolute Gasteiger partial charge is 0.640 e. The molecule has 0 aromatic carbocycles. The molecule has 0 aromatic heterocycles. The van der Waals surface area contributed by atoms with Gasteiger partial charge in [0.15, 0.2) is 0 Å². The molecule has 0 saturated carbocycles. The molecule has 1 aliphatic rings. The van der Waals surface area contributed by atoms with Crippen LogP contribution in [0.4, 0.5) is 0 Å². The SMILES string of the molecule is CC(C)(CN)OB1OCCC(CCCCO)O1. The topological polar surface area (TPSA) is 73.9 Å². The zero-order valence-corrected chi connectivity index (χ0v) is 10.9. The summed E-state index contributed by atoms with van der Waals surface area (Å²) in [6, 6.07) is 0. The molecule has 0 bridgehead atoms. The molecule has 0 amide bonds. The zero-order valence-electron chi connectivity index (χ0n) is 10.9. The summed E-state index contributed by atoms with van der Waals surface area (Å²) in [5, 5.41) is 8.73. The van der Waals surface area contributed by atoms with Gasteiger partial charge in [0.2, 0.25) is 0 Å². The molecular formula is C11H24BNO4. The van der Waals surface area contributed by atoms with Gasteiger partial charge in [0, 0.05) is 25.9 Å². The number of rotatable bonds is 7. The van der Waals surface area contributed by atoms with Crippen molar-refractivity contribution in [1.29, 1.82) is 0 Å². The minimum atomic E-state index is -0.610. The molecule has 100 valence electrons. The monoisotopic (exact) mass is 245 g/mol. The first-order valence-corrected chi connectivity index (χ1v) is 6.33. The van der Waals surface area contributed by atoms with Gasteiger partial charge in [0.05, 0.1) is 5.60 Å². The molecule has 0 aliphatic carbocycles. The van der Waals surface area contributed by atoms with Gasteiger partial charge in [-0.05, 0) is 39.5 Å². The highest BCUT2D eigenvalue weighted by Gasteiger charge is 2.35. The number of unbranched alkanes of at least 4 members (excludes halogenated alkanes) is 1. The lowest BCUT2D eigenvalue weighted by molar-refractivity contribution is -0.0365. The van der Waals surface area contributed by atoms with Crippen molar-refractivity contribution in [3.05, 3.63) is 0 Å². The van der Waals surface area contributed by atoms with Gasteiger partial charge in [0.1, 0.15) is 0 Å². The highest BCUT2D eigenvalue weighted by Crippen LogP contribution is 2.19. The first-order valence-electron chi connectivity index (χ1n) is 6.33. The Morgan fingerprint density at radius 2 is 2.24 bits per heavy atom. The second-order valence-corrected chi connectivity index (χ2v) is 5.01. The fraction of sp³-hybridized carbons (Fsp3) is 1.00. The van der Waals surface area contributed by atoms with E-state index < -0.39 is 12.9 Å². The molecule has 1 fully saturated rings. The van der Waals surface area contributed by atoms with E-state index in [1.54, 1.807) is 0 Å². The molecule has 0 aromatic rings. The van der Waals surface area contributed by atoms with E-state index >= 15 is 0 Å². The maximum Gasteiger partial charge on any atom is 0.640 e. The lowest BCUT2D eigenvalue weighted by Crippen LogP contribution is -2.46. The standard InChI is InChI=1S/C11H24BNO4/c1-11(2,9-13)17-12-15-8-6-10(16-12)5-3-4-7-14/h10,14H,3-9,13H2,1-2H3. The molecule has 0 radical (unpaired) electrons. The van der Waals surface area contributed by atoms with Gasteiger partial charge in [-0.25, -0.2) is 0 Å². The fourth-order valence-corrected chi connectivity index (χ4v) is 1.63. The van der Waals surface area contributed by atoms with Crippen molar-refractivity contribution in [3.63, 3.8) is 0 Å². The minimum Gasteiger partial charge on any atom is -0.396 e. The Hall–Kier alpha value is -0.135. The Bertz CT molecular complexity index is 216. The van der Waals surface area contributed by atoms with Crippen LogP contribution in [0, 0.1) is 0 Å². The Labute approximate surface area is 104 Å². The van der Waals surface area contributed by atoms with E-state index in [1.807, 2.05) is 13.8 Å². The van der Waals surface area contributed by atoms with E-state index in [1.165, 1.54) is 0 Å². The Morgan fingerprint density at radius 1 is 1.47 bits per heavy atom. The predicted octanol–water partition coefficient (Wildman–Crippen LogP) is 0.693. The average molecular weight is 245 g/mol. The summed E-state index contributed by atoms with van der Waals surface area (Å²) in [7, 11) is -0.610. The summed E-state index contributed by atoms with van der Waals surface area (Å²) in [6.45, 7) is 5.13. The Balaban J connectivity index is 2.28. The van der Waals surface area contributed by atoms with Crippen molar-refractivity contribution in [2.24, 2.45) is 5.73 Å². The summed E-state index contributed by atoms with van der Waals surface area (Å²) in [5.41, 5.74) is 5.16. The van der Waals surface area contributed by atoms with E-state index in [4.69, 9.17) is 24.8 Å². The predicted molar refractivity (Wildman–Crippen MR) is 66.4 cm³/mol. The van der Waals surface area contributed by atoms with Crippen LogP contribution >= 0.6 is 0 Å². The summed E-state index contributed by atoms with van der Waals surface area (Å²) >= 11 is 0. The molecule has 1 aliphatic heterocycles. The third-order valence-corrected chi connectivity index (χ3v) is 2.84. The van der Waals surface area contributed by atoms with Crippen molar-refractivity contribution >= 4 is 7.32 Å². The summed E-state index contributed by atoms with van der Waals surface area (Å²) < 4.78 is 16.7. The van der Waals surface area contributed by atoms with Gasteiger partial charge >= 0.3 is 7.32 Å². The fourth-order valence-electron chi connectivity index (χ4n) is 1.63. The summed E-state index contributed by atoms with van der Waals surface area (Å²) in [4.78, 5) is 0. The zero-order chi connectivity index (χ0) is 12.7. The van der Waals surface area contributed by atoms with Crippen molar-refractivity contribution in [3.8, 4) is 0 Å². The van der Waals surface area contributed by atoms with Crippen LogP contribution in [0.1, 0.15) is 39.5 Å². The second kappa shape index (κ2) is 7.33. The molecule has 1 unspecified atom stereocenters. The van der Waals surface area contributed by atoms with Crippen LogP contribution in [0.5, 0.6) is 0 Å². The normalized spacial score (nSPS) is 21.9. The van der Waals surface area contributed by atoms with Crippen LogP contribution in [0.25, 0.3) is 0 Å². The van der Waals surface area contributed by atoms with Crippen molar-refractivity contribution in [2.75, 3.05) is 19.8 Å². The minimum absolute atomic E-state index is 0.161. The van der Waals surface area contributed by atoms with Gasteiger partial charge in [-0.2, -0.15) is 0 Å². The summed E-state index contributed by atoms with van der Waals surface area (Å²) in [6.07, 6.45) is 3.77. The van der Waals surface area contributed by atoms with Crippen molar-refractivity contribution in [1.82, 2.24) is 0 Å². The van der Waals surface area contributed by atoms with Gasteiger partial charge in [-0.1, -0.05) is 0 Å². The van der Waals surface area contributed by atoms with Crippen molar-refractivity contribution in [2.45, 2.75) is 51.2 Å². The van der Waals surface area contributed by atoms with E-state index in [-0.39, 0.29) is 12.7 Å². The smallest absolute Gasteiger partial charge is 0.396 e. The molecule has 1 heterocycles. The van der Waals surface area contributed by atoms with E-state index in [2.05, 4.69) is 0 Å². The molecule has 5 nitrogen and oxygen atoms in total. The number of aliphatic hydroxyl groups excluding tert-OH is 1. The maximum atomic E-state index is 8.73. The highest BCUT2D eigenvalue weighted by molar-refractivity contribution is 6.36. The molecule has 0 spiro atoms.